The lowest BCUT2D eigenvalue weighted by Crippen LogP contribution is -2.26. The van der Waals surface area contributed by atoms with E-state index in [1.165, 1.54) is 16.7 Å². The zero-order chi connectivity index (χ0) is 19.5. The summed E-state index contributed by atoms with van der Waals surface area (Å²) in [5.74, 6) is -0.0133. The molecule has 2 N–H and O–H groups in total. The van der Waals surface area contributed by atoms with Crippen molar-refractivity contribution in [2.45, 2.75) is 19.8 Å². The molecule has 2 aromatic heterocycles. The summed E-state index contributed by atoms with van der Waals surface area (Å²) in [7, 11) is 1.90. The molecule has 28 heavy (non-hydrogen) atoms. The van der Waals surface area contributed by atoms with E-state index in [0.29, 0.717) is 12.2 Å². The Morgan fingerprint density at radius 3 is 2.64 bits per heavy atom. The van der Waals surface area contributed by atoms with Gasteiger partial charge >= 0.3 is 0 Å². The van der Waals surface area contributed by atoms with E-state index in [-0.39, 0.29) is 5.91 Å². The van der Waals surface area contributed by atoms with Crippen LogP contribution in [0.1, 0.15) is 28.0 Å². The molecule has 5 heteroatoms. The van der Waals surface area contributed by atoms with Gasteiger partial charge in [-0.3, -0.25) is 9.89 Å². The fourth-order valence-corrected chi connectivity index (χ4v) is 3.53. The lowest BCUT2D eigenvalue weighted by molar-refractivity contribution is 0.0945. The second kappa shape index (κ2) is 7.72. The van der Waals surface area contributed by atoms with Gasteiger partial charge in [-0.15, -0.1) is 0 Å². The standard InChI is InChI=1S/C23H24N4O/c1-16-12-22(27(2)15-16)23(28)24-11-3-4-17-5-7-18(8-6-17)19-9-10-21-20(13-19)14-25-26-21/h5-10,12-15H,3-4,11H2,1-2H3,(H,24,28)(H,25,26). The van der Waals surface area contributed by atoms with Gasteiger partial charge in [0, 0.05) is 25.2 Å². The molecule has 0 aliphatic carbocycles. The molecule has 0 saturated carbocycles. The molecular formula is C23H24N4O. The molecule has 0 atom stereocenters. The van der Waals surface area contributed by atoms with E-state index in [0.717, 1.165) is 29.3 Å². The first-order chi connectivity index (χ1) is 13.6. The Labute approximate surface area is 164 Å². The third-order valence-corrected chi connectivity index (χ3v) is 5.03. The van der Waals surface area contributed by atoms with Crippen LogP contribution in [0.3, 0.4) is 0 Å². The first kappa shape index (κ1) is 18.0. The largest absolute Gasteiger partial charge is 0.351 e. The van der Waals surface area contributed by atoms with Gasteiger partial charge in [0.05, 0.1) is 11.7 Å². The van der Waals surface area contributed by atoms with E-state index in [9.17, 15) is 4.79 Å². The number of H-pyrrole nitrogens is 1. The van der Waals surface area contributed by atoms with Crippen molar-refractivity contribution in [2.24, 2.45) is 7.05 Å². The number of hydrogen-bond donors (Lipinski definition) is 2. The summed E-state index contributed by atoms with van der Waals surface area (Å²) < 4.78 is 1.87. The molecule has 1 amide bonds. The van der Waals surface area contributed by atoms with Crippen molar-refractivity contribution < 1.29 is 4.79 Å². The number of aryl methyl sites for hydroxylation is 3. The van der Waals surface area contributed by atoms with Crippen LogP contribution in [-0.4, -0.2) is 27.2 Å². The highest BCUT2D eigenvalue weighted by Gasteiger charge is 2.09. The van der Waals surface area contributed by atoms with Gasteiger partial charge in [0.2, 0.25) is 0 Å². The molecule has 2 heterocycles. The molecule has 0 spiro atoms. The number of carbonyl (C=O) groups excluding carboxylic acids is 1. The van der Waals surface area contributed by atoms with Crippen LogP contribution < -0.4 is 5.32 Å². The maximum Gasteiger partial charge on any atom is 0.267 e. The normalized spacial score (nSPS) is 11.1. The first-order valence-corrected chi connectivity index (χ1v) is 9.54. The van der Waals surface area contributed by atoms with Crippen molar-refractivity contribution in [2.75, 3.05) is 6.54 Å². The number of carbonyl (C=O) groups is 1. The Bertz CT molecular complexity index is 1110. The van der Waals surface area contributed by atoms with Crippen LogP contribution in [0.15, 0.2) is 60.9 Å². The molecule has 142 valence electrons. The zero-order valence-corrected chi connectivity index (χ0v) is 16.2. The smallest absolute Gasteiger partial charge is 0.267 e. The minimum absolute atomic E-state index is 0.0133. The van der Waals surface area contributed by atoms with Crippen LogP contribution in [0.5, 0.6) is 0 Å². The monoisotopic (exact) mass is 372 g/mol. The fraction of sp³-hybridized carbons (Fsp3) is 0.217. The highest BCUT2D eigenvalue weighted by molar-refractivity contribution is 5.92. The van der Waals surface area contributed by atoms with E-state index in [4.69, 9.17) is 0 Å². The summed E-state index contributed by atoms with van der Waals surface area (Å²) in [6.45, 7) is 2.66. The van der Waals surface area contributed by atoms with Gasteiger partial charge in [-0.1, -0.05) is 30.3 Å². The number of fused-ring (bicyclic) bond motifs is 1. The van der Waals surface area contributed by atoms with Gasteiger partial charge in [0.25, 0.3) is 5.91 Å². The summed E-state index contributed by atoms with van der Waals surface area (Å²) in [6.07, 6.45) is 5.65. The van der Waals surface area contributed by atoms with Crippen molar-refractivity contribution in [1.82, 2.24) is 20.1 Å². The number of amides is 1. The quantitative estimate of drug-likeness (QED) is 0.497. The van der Waals surface area contributed by atoms with Crippen LogP contribution in [-0.2, 0) is 13.5 Å². The predicted molar refractivity (Wildman–Crippen MR) is 112 cm³/mol. The van der Waals surface area contributed by atoms with Gasteiger partial charge in [-0.2, -0.15) is 5.10 Å². The first-order valence-electron chi connectivity index (χ1n) is 9.54. The Kier molecular flexibility index (Phi) is 4.98. The number of aromatic nitrogens is 3. The van der Waals surface area contributed by atoms with Crippen molar-refractivity contribution >= 4 is 16.8 Å². The maximum atomic E-state index is 12.2. The average Bonchev–Trinajstić information content (AvgIpc) is 3.30. The van der Waals surface area contributed by atoms with Gasteiger partial charge in [-0.05, 0) is 60.2 Å². The van der Waals surface area contributed by atoms with Crippen LogP contribution in [0.4, 0.5) is 0 Å². The topological polar surface area (TPSA) is 62.7 Å². The number of benzene rings is 2. The summed E-state index contributed by atoms with van der Waals surface area (Å²) in [5.41, 5.74) is 6.51. The Morgan fingerprint density at radius 1 is 1.11 bits per heavy atom. The minimum Gasteiger partial charge on any atom is -0.351 e. The van der Waals surface area contributed by atoms with Gasteiger partial charge in [-0.25, -0.2) is 0 Å². The van der Waals surface area contributed by atoms with Crippen LogP contribution in [0.25, 0.3) is 22.0 Å². The van der Waals surface area contributed by atoms with Crippen LogP contribution in [0.2, 0.25) is 0 Å². The van der Waals surface area contributed by atoms with E-state index in [1.807, 2.05) is 37.0 Å². The SMILES string of the molecule is Cc1cc(C(=O)NCCCc2ccc(-c3ccc4[nH]ncc4c3)cc2)n(C)c1. The maximum absolute atomic E-state index is 12.2. The molecule has 0 aliphatic rings. The Hall–Kier alpha value is -3.34. The second-order valence-electron chi connectivity index (χ2n) is 7.24. The number of hydrogen-bond acceptors (Lipinski definition) is 2. The third-order valence-electron chi connectivity index (χ3n) is 5.03. The summed E-state index contributed by atoms with van der Waals surface area (Å²) in [6, 6.07) is 16.9. The molecule has 0 aliphatic heterocycles. The van der Waals surface area contributed by atoms with E-state index in [2.05, 4.69) is 58.0 Å². The predicted octanol–water partition coefficient (Wildman–Crippen LogP) is 4.24. The molecule has 5 nitrogen and oxygen atoms in total. The van der Waals surface area contributed by atoms with Gasteiger partial charge < -0.3 is 9.88 Å². The van der Waals surface area contributed by atoms with Gasteiger partial charge in [0.1, 0.15) is 5.69 Å². The van der Waals surface area contributed by atoms with E-state index in [1.54, 1.807) is 0 Å². The van der Waals surface area contributed by atoms with Crippen molar-refractivity contribution in [3.63, 3.8) is 0 Å². The minimum atomic E-state index is -0.0133. The summed E-state index contributed by atoms with van der Waals surface area (Å²) in [5, 5.41) is 11.2. The molecule has 2 aromatic carbocycles. The highest BCUT2D eigenvalue weighted by atomic mass is 16.1. The molecule has 0 radical (unpaired) electrons. The van der Waals surface area contributed by atoms with Crippen molar-refractivity contribution in [1.29, 1.82) is 0 Å². The molecule has 0 bridgehead atoms. The van der Waals surface area contributed by atoms with Gasteiger partial charge in [0.15, 0.2) is 0 Å². The number of nitrogens with one attached hydrogen (secondary N) is 2. The van der Waals surface area contributed by atoms with E-state index >= 15 is 0 Å². The van der Waals surface area contributed by atoms with E-state index < -0.39 is 0 Å². The fourth-order valence-electron chi connectivity index (χ4n) is 3.53. The zero-order valence-electron chi connectivity index (χ0n) is 16.2. The molecule has 0 saturated heterocycles. The molecule has 4 aromatic rings. The Morgan fingerprint density at radius 2 is 1.89 bits per heavy atom. The second-order valence-corrected chi connectivity index (χ2v) is 7.24. The highest BCUT2D eigenvalue weighted by Crippen LogP contribution is 2.24. The number of rotatable bonds is 6. The lowest BCUT2D eigenvalue weighted by atomic mass is 10.0. The third kappa shape index (κ3) is 3.83. The van der Waals surface area contributed by atoms with Crippen LogP contribution >= 0.6 is 0 Å². The summed E-state index contributed by atoms with van der Waals surface area (Å²) in [4.78, 5) is 12.2. The average molecular weight is 372 g/mol. The number of aromatic amines is 1. The molecule has 0 fully saturated rings. The number of nitrogens with zero attached hydrogens (tertiary/aromatic N) is 2. The summed E-state index contributed by atoms with van der Waals surface area (Å²) >= 11 is 0. The molecule has 0 unspecified atom stereocenters. The van der Waals surface area contributed by atoms with Crippen molar-refractivity contribution in [3.05, 3.63) is 77.7 Å². The Balaban J connectivity index is 1.31. The lowest BCUT2D eigenvalue weighted by Gasteiger charge is -2.07. The molecule has 4 rings (SSSR count). The van der Waals surface area contributed by atoms with Crippen molar-refractivity contribution in [3.8, 4) is 11.1 Å². The molecular weight excluding hydrogens is 348 g/mol. The van der Waals surface area contributed by atoms with Crippen LogP contribution in [0, 0.1) is 6.92 Å².